The molecule has 0 aliphatic heterocycles. The third kappa shape index (κ3) is 2.75. The summed E-state index contributed by atoms with van der Waals surface area (Å²) in [6, 6.07) is 5.31. The predicted molar refractivity (Wildman–Crippen MR) is 56.7 cm³/mol. The van der Waals surface area contributed by atoms with Gasteiger partial charge in [-0.25, -0.2) is 8.78 Å². The van der Waals surface area contributed by atoms with Crippen molar-refractivity contribution in [1.82, 2.24) is 0 Å². The van der Waals surface area contributed by atoms with Crippen molar-refractivity contribution in [2.45, 2.75) is 19.3 Å². The van der Waals surface area contributed by atoms with Crippen LogP contribution in [0.5, 0.6) is 0 Å². The van der Waals surface area contributed by atoms with Crippen LogP contribution in [-0.2, 0) is 0 Å². The molecule has 1 aromatic carbocycles. The molecule has 14 heavy (non-hydrogen) atoms. The Morgan fingerprint density at radius 3 is 2.43 bits per heavy atom. The second-order valence-corrected chi connectivity index (χ2v) is 4.15. The maximum absolute atomic E-state index is 12.6. The van der Waals surface area contributed by atoms with Crippen molar-refractivity contribution in [1.29, 1.82) is 0 Å². The number of aryl methyl sites for hydroxylation is 1. The van der Waals surface area contributed by atoms with E-state index in [1.54, 1.807) is 12.1 Å². The summed E-state index contributed by atoms with van der Waals surface area (Å²) < 4.78 is 25.9. The number of hydrogen-bond acceptors (Lipinski definition) is 1. The molecule has 0 saturated carbocycles. The van der Waals surface area contributed by atoms with E-state index in [1.165, 1.54) is 0 Å². The number of alkyl halides is 2. The van der Waals surface area contributed by atoms with Gasteiger partial charge >= 0.3 is 0 Å². The highest BCUT2D eigenvalue weighted by molar-refractivity contribution is 9.10. The summed E-state index contributed by atoms with van der Waals surface area (Å²) in [5.74, 6) is -0.869. The molecule has 78 valence electrons. The molecule has 4 heteroatoms. The highest BCUT2D eigenvalue weighted by Gasteiger charge is 2.20. The first-order valence-electron chi connectivity index (χ1n) is 4.30. The smallest absolute Gasteiger partial charge is 0.246 e. The van der Waals surface area contributed by atoms with Gasteiger partial charge in [-0.3, -0.25) is 0 Å². The van der Waals surface area contributed by atoms with Crippen LogP contribution in [0.3, 0.4) is 0 Å². The van der Waals surface area contributed by atoms with Gasteiger partial charge in [0.15, 0.2) is 0 Å². The Hall–Kier alpha value is -0.480. The predicted octanol–water partition coefficient (Wildman–Crippen LogP) is 3.06. The molecule has 0 aliphatic carbocycles. The van der Waals surface area contributed by atoms with Crippen LogP contribution in [0, 0.1) is 6.92 Å². The van der Waals surface area contributed by atoms with Crippen LogP contribution in [0.1, 0.15) is 17.0 Å². The molecule has 0 aliphatic rings. The molecule has 0 heterocycles. The number of nitrogens with two attached hydrogens (primary N) is 1. The summed E-state index contributed by atoms with van der Waals surface area (Å²) in [4.78, 5) is 0. The highest BCUT2D eigenvalue weighted by atomic mass is 79.9. The first-order valence-corrected chi connectivity index (χ1v) is 5.09. The van der Waals surface area contributed by atoms with Crippen molar-refractivity contribution in [2.75, 3.05) is 6.54 Å². The van der Waals surface area contributed by atoms with Gasteiger partial charge < -0.3 is 5.73 Å². The lowest BCUT2D eigenvalue weighted by Crippen LogP contribution is -2.19. The minimum Gasteiger partial charge on any atom is -0.330 e. The van der Waals surface area contributed by atoms with Crippen molar-refractivity contribution in [3.63, 3.8) is 0 Å². The average Bonchev–Trinajstić information content (AvgIpc) is 2.02. The van der Waals surface area contributed by atoms with Crippen molar-refractivity contribution >= 4 is 15.9 Å². The standard InChI is InChI=1S/C10H12BrF2N/c1-6-2-7(4-8(11)3-6)9(5-14)10(12)13/h2-4,9-10H,5,14H2,1H3. The van der Waals surface area contributed by atoms with Gasteiger partial charge in [0, 0.05) is 11.0 Å². The van der Waals surface area contributed by atoms with Crippen molar-refractivity contribution in [3.8, 4) is 0 Å². The zero-order valence-electron chi connectivity index (χ0n) is 7.81. The Labute approximate surface area is 90.4 Å². The monoisotopic (exact) mass is 263 g/mol. The number of rotatable bonds is 3. The Morgan fingerprint density at radius 1 is 1.36 bits per heavy atom. The summed E-state index contributed by atoms with van der Waals surface area (Å²) in [6.07, 6.45) is -2.41. The van der Waals surface area contributed by atoms with Crippen LogP contribution < -0.4 is 5.73 Å². The summed E-state index contributed by atoms with van der Waals surface area (Å²) >= 11 is 3.27. The molecule has 1 aromatic rings. The first-order chi connectivity index (χ1) is 6.54. The van der Waals surface area contributed by atoms with E-state index in [-0.39, 0.29) is 6.54 Å². The minimum atomic E-state index is -2.41. The van der Waals surface area contributed by atoms with E-state index in [4.69, 9.17) is 5.73 Å². The third-order valence-electron chi connectivity index (χ3n) is 2.05. The van der Waals surface area contributed by atoms with Gasteiger partial charge in [0.2, 0.25) is 6.43 Å². The number of hydrogen-bond donors (Lipinski definition) is 1. The van der Waals surface area contributed by atoms with E-state index < -0.39 is 12.3 Å². The Morgan fingerprint density at radius 2 is 2.00 bits per heavy atom. The van der Waals surface area contributed by atoms with Crippen molar-refractivity contribution < 1.29 is 8.78 Å². The van der Waals surface area contributed by atoms with Gasteiger partial charge in [-0.1, -0.05) is 22.0 Å². The van der Waals surface area contributed by atoms with Crippen LogP contribution in [0.15, 0.2) is 22.7 Å². The van der Waals surface area contributed by atoms with Gasteiger partial charge in [0.25, 0.3) is 0 Å². The van der Waals surface area contributed by atoms with Crippen LogP contribution in [0.25, 0.3) is 0 Å². The van der Waals surface area contributed by atoms with Crippen LogP contribution in [0.4, 0.5) is 8.78 Å². The Bertz CT molecular complexity index is 295. The van der Waals surface area contributed by atoms with E-state index in [0.29, 0.717) is 5.56 Å². The van der Waals surface area contributed by atoms with Gasteiger partial charge in [0.1, 0.15) is 0 Å². The zero-order valence-corrected chi connectivity index (χ0v) is 9.39. The largest absolute Gasteiger partial charge is 0.330 e. The molecule has 1 atom stereocenters. The molecular formula is C10H12BrF2N. The van der Waals surface area contributed by atoms with E-state index in [1.807, 2.05) is 13.0 Å². The molecule has 0 amide bonds. The third-order valence-corrected chi connectivity index (χ3v) is 2.51. The molecule has 0 aromatic heterocycles. The van der Waals surface area contributed by atoms with Gasteiger partial charge in [-0.15, -0.1) is 0 Å². The van der Waals surface area contributed by atoms with E-state index in [0.717, 1.165) is 10.0 Å². The first kappa shape index (κ1) is 11.6. The lowest BCUT2D eigenvalue weighted by molar-refractivity contribution is 0.117. The average molecular weight is 264 g/mol. The summed E-state index contributed by atoms with van der Waals surface area (Å²) in [7, 11) is 0. The molecule has 0 bridgehead atoms. The molecule has 0 fully saturated rings. The van der Waals surface area contributed by atoms with Gasteiger partial charge in [-0.05, 0) is 30.2 Å². The maximum atomic E-state index is 12.6. The molecular weight excluding hydrogens is 252 g/mol. The second kappa shape index (κ2) is 4.84. The molecule has 0 saturated heterocycles. The lowest BCUT2D eigenvalue weighted by Gasteiger charge is -2.15. The van der Waals surface area contributed by atoms with E-state index in [2.05, 4.69) is 15.9 Å². The molecule has 0 radical (unpaired) electrons. The topological polar surface area (TPSA) is 26.0 Å². The number of halogens is 3. The van der Waals surface area contributed by atoms with Crippen molar-refractivity contribution in [3.05, 3.63) is 33.8 Å². The Balaban J connectivity index is 3.04. The highest BCUT2D eigenvalue weighted by Crippen LogP contribution is 2.26. The fourth-order valence-corrected chi connectivity index (χ4v) is 1.99. The van der Waals surface area contributed by atoms with E-state index >= 15 is 0 Å². The molecule has 0 spiro atoms. The number of benzene rings is 1. The SMILES string of the molecule is Cc1cc(Br)cc(C(CN)C(F)F)c1. The lowest BCUT2D eigenvalue weighted by atomic mass is 9.98. The summed E-state index contributed by atoms with van der Waals surface area (Å²) in [5.41, 5.74) is 6.85. The second-order valence-electron chi connectivity index (χ2n) is 3.24. The fraction of sp³-hybridized carbons (Fsp3) is 0.400. The molecule has 1 rings (SSSR count). The summed E-state index contributed by atoms with van der Waals surface area (Å²) in [5, 5.41) is 0. The quantitative estimate of drug-likeness (QED) is 0.892. The zero-order chi connectivity index (χ0) is 10.7. The molecule has 2 N–H and O–H groups in total. The fourth-order valence-electron chi connectivity index (χ4n) is 1.36. The van der Waals surface area contributed by atoms with Gasteiger partial charge in [0.05, 0.1) is 5.92 Å². The molecule has 1 unspecified atom stereocenters. The summed E-state index contributed by atoms with van der Waals surface area (Å²) in [6.45, 7) is 1.83. The molecule has 1 nitrogen and oxygen atoms in total. The van der Waals surface area contributed by atoms with Crippen LogP contribution in [0.2, 0.25) is 0 Å². The van der Waals surface area contributed by atoms with Crippen molar-refractivity contribution in [2.24, 2.45) is 5.73 Å². The van der Waals surface area contributed by atoms with Crippen LogP contribution in [-0.4, -0.2) is 13.0 Å². The minimum absolute atomic E-state index is 0.0342. The normalized spacial score (nSPS) is 13.3. The Kier molecular flexibility index (Phi) is 4.01. The van der Waals surface area contributed by atoms with E-state index in [9.17, 15) is 8.78 Å². The maximum Gasteiger partial charge on any atom is 0.246 e. The van der Waals surface area contributed by atoms with Gasteiger partial charge in [-0.2, -0.15) is 0 Å². The van der Waals surface area contributed by atoms with Crippen LogP contribution >= 0.6 is 15.9 Å².